The van der Waals surface area contributed by atoms with Gasteiger partial charge in [0.2, 0.25) is 0 Å². The second-order valence-corrected chi connectivity index (χ2v) is 2.50. The van der Waals surface area contributed by atoms with Crippen LogP contribution in [0, 0.1) is 11.5 Å². The zero-order valence-electron chi connectivity index (χ0n) is 6.72. The molecule has 0 saturated carbocycles. The van der Waals surface area contributed by atoms with Gasteiger partial charge in [-0.25, -0.2) is 0 Å². The fraction of sp³-hybridized carbons (Fsp3) is 0.300. The van der Waals surface area contributed by atoms with Gasteiger partial charge in [-0.1, -0.05) is 37.6 Å². The first-order valence-corrected chi connectivity index (χ1v) is 3.89. The molecule has 57 valence electrons. The van der Waals surface area contributed by atoms with E-state index in [0.29, 0.717) is 5.71 Å². The Hall–Kier alpha value is -1.11. The molecule has 0 heterocycles. The molecule has 1 aromatic rings. The lowest BCUT2D eigenvalue weighted by atomic mass is 10.1. The first kappa shape index (κ1) is 7.99. The molecule has 1 aromatic carbocycles. The van der Waals surface area contributed by atoms with Gasteiger partial charge in [0.05, 0.1) is 0 Å². The van der Waals surface area contributed by atoms with Gasteiger partial charge in [0, 0.05) is 11.3 Å². The summed E-state index contributed by atoms with van der Waals surface area (Å²) in [5.74, 6) is 0. The highest BCUT2D eigenvalue weighted by molar-refractivity contribution is 5.97. The minimum Gasteiger partial charge on any atom is -0.305 e. The number of hydrogen-bond donors (Lipinski definition) is 1. The van der Waals surface area contributed by atoms with Crippen LogP contribution in [0.4, 0.5) is 0 Å². The van der Waals surface area contributed by atoms with Crippen molar-refractivity contribution in [1.29, 1.82) is 5.41 Å². The largest absolute Gasteiger partial charge is 0.305 e. The molecule has 0 atom stereocenters. The second kappa shape index (κ2) is 3.91. The highest BCUT2D eigenvalue weighted by Crippen LogP contribution is 2.02. The average Bonchev–Trinajstić information content (AvgIpc) is 2.07. The van der Waals surface area contributed by atoms with Crippen LogP contribution >= 0.6 is 0 Å². The summed E-state index contributed by atoms with van der Waals surface area (Å²) in [5.41, 5.74) is 1.61. The first-order valence-electron chi connectivity index (χ1n) is 3.89. The van der Waals surface area contributed by atoms with Crippen LogP contribution in [0.2, 0.25) is 0 Å². The van der Waals surface area contributed by atoms with E-state index in [9.17, 15) is 0 Å². The molecule has 1 heteroatoms. The Kier molecular flexibility index (Phi) is 2.84. The average molecular weight is 146 g/mol. The van der Waals surface area contributed by atoms with Crippen LogP contribution in [0.25, 0.3) is 0 Å². The predicted molar refractivity (Wildman–Crippen MR) is 47.0 cm³/mol. The molecule has 0 spiro atoms. The third-order valence-corrected chi connectivity index (χ3v) is 1.53. The van der Waals surface area contributed by atoms with E-state index in [2.05, 4.69) is 13.0 Å². The van der Waals surface area contributed by atoms with Crippen molar-refractivity contribution in [1.82, 2.24) is 0 Å². The van der Waals surface area contributed by atoms with E-state index in [4.69, 9.17) is 5.41 Å². The summed E-state index contributed by atoms with van der Waals surface area (Å²) in [6.07, 6.45) is 1.88. The zero-order chi connectivity index (χ0) is 8.10. The quantitative estimate of drug-likeness (QED) is 0.634. The van der Waals surface area contributed by atoms with Crippen molar-refractivity contribution < 1.29 is 0 Å². The van der Waals surface area contributed by atoms with Crippen LogP contribution in [0.15, 0.2) is 24.3 Å². The molecule has 0 aromatic heterocycles. The fourth-order valence-electron chi connectivity index (χ4n) is 0.966. The Morgan fingerprint density at radius 3 is 2.91 bits per heavy atom. The van der Waals surface area contributed by atoms with Crippen molar-refractivity contribution in [3.8, 4) is 0 Å². The molecule has 0 unspecified atom stereocenters. The zero-order valence-corrected chi connectivity index (χ0v) is 6.72. The summed E-state index contributed by atoms with van der Waals surface area (Å²) < 4.78 is 0. The van der Waals surface area contributed by atoms with Gasteiger partial charge in [0.25, 0.3) is 0 Å². The number of nitrogens with one attached hydrogen (secondary N) is 1. The van der Waals surface area contributed by atoms with E-state index >= 15 is 0 Å². The highest BCUT2D eigenvalue weighted by atomic mass is 14.4. The van der Waals surface area contributed by atoms with Crippen LogP contribution in [0.5, 0.6) is 0 Å². The lowest BCUT2D eigenvalue weighted by Crippen LogP contribution is -1.96. The lowest BCUT2D eigenvalue weighted by molar-refractivity contribution is 0.986. The van der Waals surface area contributed by atoms with Gasteiger partial charge < -0.3 is 5.41 Å². The van der Waals surface area contributed by atoms with Crippen molar-refractivity contribution in [2.24, 2.45) is 0 Å². The number of benzene rings is 1. The monoisotopic (exact) mass is 146 g/mol. The van der Waals surface area contributed by atoms with Crippen LogP contribution in [-0.4, -0.2) is 5.71 Å². The normalized spacial score (nSPS) is 9.55. The lowest BCUT2D eigenvalue weighted by Gasteiger charge is -1.99. The van der Waals surface area contributed by atoms with Crippen LogP contribution in [0.1, 0.15) is 25.3 Å². The van der Waals surface area contributed by atoms with Gasteiger partial charge in [0.1, 0.15) is 0 Å². The molecule has 1 N–H and O–H groups in total. The van der Waals surface area contributed by atoms with Gasteiger partial charge in [-0.15, -0.1) is 0 Å². The van der Waals surface area contributed by atoms with Crippen molar-refractivity contribution >= 4 is 5.71 Å². The summed E-state index contributed by atoms with van der Waals surface area (Å²) in [6.45, 7) is 2.08. The van der Waals surface area contributed by atoms with E-state index in [1.165, 1.54) is 0 Å². The maximum Gasteiger partial charge on any atom is 0.0392 e. The standard InChI is InChI=1S/C10H12N/c1-2-6-10(11)9-7-4-3-5-8-9/h3-5,7,11H,2,6H2,1H3. The summed E-state index contributed by atoms with van der Waals surface area (Å²) in [4.78, 5) is 0. The predicted octanol–water partition coefficient (Wildman–Crippen LogP) is 2.65. The van der Waals surface area contributed by atoms with Gasteiger partial charge in [-0.05, 0) is 12.5 Å². The minimum atomic E-state index is 0.688. The summed E-state index contributed by atoms with van der Waals surface area (Å²) >= 11 is 0. The Bertz CT molecular complexity index is 226. The SMILES string of the molecule is CCCC(=N)c1[c]cccc1. The van der Waals surface area contributed by atoms with E-state index in [-0.39, 0.29) is 0 Å². The third kappa shape index (κ3) is 2.19. The van der Waals surface area contributed by atoms with Crippen molar-refractivity contribution in [2.75, 3.05) is 0 Å². The van der Waals surface area contributed by atoms with Gasteiger partial charge in [-0.3, -0.25) is 0 Å². The molecule has 1 rings (SSSR count). The Morgan fingerprint density at radius 1 is 1.55 bits per heavy atom. The Balaban J connectivity index is 2.69. The highest BCUT2D eigenvalue weighted by Gasteiger charge is 1.97. The minimum absolute atomic E-state index is 0.688. The van der Waals surface area contributed by atoms with Gasteiger partial charge >= 0.3 is 0 Å². The van der Waals surface area contributed by atoms with Crippen LogP contribution < -0.4 is 0 Å². The molecule has 0 fully saturated rings. The first-order chi connectivity index (χ1) is 5.34. The molecule has 0 aliphatic rings. The van der Waals surface area contributed by atoms with E-state index in [1.54, 1.807) is 0 Å². The van der Waals surface area contributed by atoms with E-state index < -0.39 is 0 Å². The molecule has 1 radical (unpaired) electrons. The van der Waals surface area contributed by atoms with Crippen molar-refractivity contribution in [3.05, 3.63) is 35.9 Å². The molecule has 11 heavy (non-hydrogen) atoms. The van der Waals surface area contributed by atoms with E-state index in [1.807, 2.05) is 24.3 Å². The van der Waals surface area contributed by atoms with Gasteiger partial charge in [-0.2, -0.15) is 0 Å². The third-order valence-electron chi connectivity index (χ3n) is 1.53. The smallest absolute Gasteiger partial charge is 0.0392 e. The van der Waals surface area contributed by atoms with Crippen LogP contribution in [0.3, 0.4) is 0 Å². The maximum absolute atomic E-state index is 7.60. The molecule has 0 amide bonds. The fourth-order valence-corrected chi connectivity index (χ4v) is 0.966. The number of hydrogen-bond acceptors (Lipinski definition) is 1. The van der Waals surface area contributed by atoms with Crippen molar-refractivity contribution in [2.45, 2.75) is 19.8 Å². The molecular formula is C10H12N. The van der Waals surface area contributed by atoms with Crippen LogP contribution in [-0.2, 0) is 0 Å². The second-order valence-electron chi connectivity index (χ2n) is 2.50. The molecular weight excluding hydrogens is 134 g/mol. The summed E-state index contributed by atoms with van der Waals surface area (Å²) in [6, 6.07) is 10.7. The Morgan fingerprint density at radius 2 is 2.36 bits per heavy atom. The summed E-state index contributed by atoms with van der Waals surface area (Å²) in [7, 11) is 0. The maximum atomic E-state index is 7.60. The molecule has 0 aliphatic heterocycles. The van der Waals surface area contributed by atoms with E-state index in [0.717, 1.165) is 18.4 Å². The molecule has 0 bridgehead atoms. The molecule has 0 aliphatic carbocycles. The summed E-state index contributed by atoms with van der Waals surface area (Å²) in [5, 5.41) is 7.60. The Labute approximate surface area is 67.6 Å². The van der Waals surface area contributed by atoms with Crippen molar-refractivity contribution in [3.63, 3.8) is 0 Å². The molecule has 1 nitrogen and oxygen atoms in total. The molecule has 0 saturated heterocycles. The topological polar surface area (TPSA) is 23.9 Å². The number of rotatable bonds is 3. The van der Waals surface area contributed by atoms with Gasteiger partial charge in [0.15, 0.2) is 0 Å².